The van der Waals surface area contributed by atoms with Crippen LogP contribution in [-0.2, 0) is 11.3 Å². The van der Waals surface area contributed by atoms with Crippen LogP contribution in [0.25, 0.3) is 0 Å². The molecule has 2 aromatic carbocycles. The maximum atomic E-state index is 13.6. The minimum Gasteiger partial charge on any atom is -0.352 e. The molecule has 0 saturated heterocycles. The number of rotatable bonds is 8. The van der Waals surface area contributed by atoms with E-state index < -0.39 is 17.5 Å². The second-order valence-corrected chi connectivity index (χ2v) is 6.86. The molecule has 148 valence electrons. The molecule has 7 heteroatoms. The van der Waals surface area contributed by atoms with Gasteiger partial charge in [-0.3, -0.25) is 9.59 Å². The Morgan fingerprint density at radius 3 is 2.32 bits per heavy atom. The van der Waals surface area contributed by atoms with E-state index in [4.69, 9.17) is 0 Å². The third-order valence-corrected chi connectivity index (χ3v) is 4.60. The molecule has 0 aliphatic heterocycles. The van der Waals surface area contributed by atoms with Crippen LogP contribution in [0.4, 0.5) is 13.2 Å². The van der Waals surface area contributed by atoms with Crippen molar-refractivity contribution < 1.29 is 22.8 Å². The molecule has 28 heavy (non-hydrogen) atoms. The minimum absolute atomic E-state index is 0.0333. The van der Waals surface area contributed by atoms with Gasteiger partial charge in [0, 0.05) is 31.6 Å². The first-order valence-corrected chi connectivity index (χ1v) is 9.21. The Morgan fingerprint density at radius 1 is 1.00 bits per heavy atom. The molecule has 0 aromatic heterocycles. The number of benzene rings is 2. The van der Waals surface area contributed by atoms with Crippen LogP contribution in [0.3, 0.4) is 0 Å². The molecule has 1 saturated carbocycles. The van der Waals surface area contributed by atoms with Gasteiger partial charge >= 0.3 is 0 Å². The highest BCUT2D eigenvalue weighted by atomic mass is 19.1. The van der Waals surface area contributed by atoms with Crippen molar-refractivity contribution in [2.45, 2.75) is 38.3 Å². The lowest BCUT2D eigenvalue weighted by Crippen LogP contribution is -2.33. The van der Waals surface area contributed by atoms with E-state index in [1.54, 1.807) is 17.0 Å². The molecule has 0 heterocycles. The first-order valence-electron chi connectivity index (χ1n) is 9.21. The van der Waals surface area contributed by atoms with E-state index in [0.29, 0.717) is 19.0 Å². The predicted molar refractivity (Wildman–Crippen MR) is 97.9 cm³/mol. The lowest BCUT2D eigenvalue weighted by atomic mass is 10.1. The smallest absolute Gasteiger partial charge is 0.254 e. The van der Waals surface area contributed by atoms with Gasteiger partial charge in [0.05, 0.1) is 5.56 Å². The molecule has 1 aliphatic carbocycles. The summed E-state index contributed by atoms with van der Waals surface area (Å²) in [7, 11) is 0. The lowest BCUT2D eigenvalue weighted by molar-refractivity contribution is -0.132. The number of nitrogens with one attached hydrogen (secondary N) is 1. The van der Waals surface area contributed by atoms with Gasteiger partial charge in [-0.05, 0) is 49.1 Å². The van der Waals surface area contributed by atoms with Crippen LogP contribution in [0.2, 0.25) is 0 Å². The lowest BCUT2D eigenvalue weighted by Gasteiger charge is -2.22. The molecule has 0 atom stereocenters. The van der Waals surface area contributed by atoms with E-state index >= 15 is 0 Å². The summed E-state index contributed by atoms with van der Waals surface area (Å²) in [6.45, 7) is 0.632. The summed E-state index contributed by atoms with van der Waals surface area (Å²) in [6, 6.07) is 9.03. The van der Waals surface area contributed by atoms with Crippen molar-refractivity contribution in [3.8, 4) is 0 Å². The van der Waals surface area contributed by atoms with Crippen LogP contribution in [0.5, 0.6) is 0 Å². The number of halogens is 3. The minimum atomic E-state index is -0.923. The van der Waals surface area contributed by atoms with Crippen LogP contribution < -0.4 is 5.32 Å². The molecule has 3 rings (SSSR count). The summed E-state index contributed by atoms with van der Waals surface area (Å²) >= 11 is 0. The standard InChI is InChI=1S/C21H21F3N2O2/c22-15-5-3-14(4-6-15)13-26(17-8-9-17)20(27)2-1-11-25-21(28)18-10-7-16(23)12-19(18)24/h3-7,10,12,17H,1-2,8-9,11,13H2,(H,25,28). The molecule has 0 spiro atoms. The third kappa shape index (κ3) is 5.34. The summed E-state index contributed by atoms with van der Waals surface area (Å²) in [6.07, 6.45) is 2.55. The Labute approximate surface area is 161 Å². The highest BCUT2D eigenvalue weighted by Crippen LogP contribution is 2.29. The number of amides is 2. The monoisotopic (exact) mass is 390 g/mol. The van der Waals surface area contributed by atoms with Crippen LogP contribution in [0, 0.1) is 17.5 Å². The fourth-order valence-electron chi connectivity index (χ4n) is 2.95. The van der Waals surface area contributed by atoms with Gasteiger partial charge in [-0.2, -0.15) is 0 Å². The van der Waals surface area contributed by atoms with E-state index in [1.165, 1.54) is 12.1 Å². The zero-order chi connectivity index (χ0) is 20.1. The van der Waals surface area contributed by atoms with Gasteiger partial charge < -0.3 is 10.2 Å². The maximum Gasteiger partial charge on any atom is 0.254 e. The van der Waals surface area contributed by atoms with Gasteiger partial charge in [-0.25, -0.2) is 13.2 Å². The Bertz CT molecular complexity index is 851. The Morgan fingerprint density at radius 2 is 1.68 bits per heavy atom. The van der Waals surface area contributed by atoms with E-state index in [1.807, 2.05) is 0 Å². The van der Waals surface area contributed by atoms with Crippen molar-refractivity contribution in [1.82, 2.24) is 10.2 Å². The summed E-state index contributed by atoms with van der Waals surface area (Å²) in [5, 5.41) is 2.54. The normalized spacial score (nSPS) is 13.2. The van der Waals surface area contributed by atoms with Gasteiger partial charge in [0.15, 0.2) is 0 Å². The second-order valence-electron chi connectivity index (χ2n) is 6.86. The molecule has 0 unspecified atom stereocenters. The molecule has 0 radical (unpaired) electrons. The molecular formula is C21H21F3N2O2. The van der Waals surface area contributed by atoms with E-state index in [-0.39, 0.29) is 36.3 Å². The van der Waals surface area contributed by atoms with Crippen molar-refractivity contribution in [2.24, 2.45) is 0 Å². The van der Waals surface area contributed by atoms with Crippen LogP contribution in [-0.4, -0.2) is 29.3 Å². The summed E-state index contributed by atoms with van der Waals surface area (Å²) < 4.78 is 39.5. The molecule has 0 bridgehead atoms. The second kappa shape index (κ2) is 8.91. The molecule has 2 aromatic rings. The average Bonchev–Trinajstić information content (AvgIpc) is 3.49. The number of nitrogens with zero attached hydrogens (tertiary/aromatic N) is 1. The van der Waals surface area contributed by atoms with Crippen LogP contribution in [0.1, 0.15) is 41.6 Å². The zero-order valence-corrected chi connectivity index (χ0v) is 15.3. The van der Waals surface area contributed by atoms with Crippen LogP contribution in [0.15, 0.2) is 42.5 Å². The number of hydrogen-bond donors (Lipinski definition) is 1. The third-order valence-electron chi connectivity index (χ3n) is 4.60. The van der Waals surface area contributed by atoms with E-state index in [9.17, 15) is 22.8 Å². The predicted octanol–water partition coefficient (Wildman–Crippen LogP) is 3.81. The Kier molecular flexibility index (Phi) is 6.34. The van der Waals surface area contributed by atoms with Crippen molar-refractivity contribution in [3.05, 3.63) is 71.0 Å². The highest BCUT2D eigenvalue weighted by Gasteiger charge is 2.32. The summed E-state index contributed by atoms with van der Waals surface area (Å²) in [5.41, 5.74) is 0.630. The molecule has 1 aliphatic rings. The molecule has 4 nitrogen and oxygen atoms in total. The van der Waals surface area contributed by atoms with Crippen molar-refractivity contribution in [1.29, 1.82) is 0 Å². The SMILES string of the molecule is O=C(NCCCC(=O)N(Cc1ccc(F)cc1)C1CC1)c1ccc(F)cc1F. The van der Waals surface area contributed by atoms with E-state index in [0.717, 1.165) is 30.5 Å². The van der Waals surface area contributed by atoms with Crippen molar-refractivity contribution in [2.75, 3.05) is 6.54 Å². The fraction of sp³-hybridized carbons (Fsp3) is 0.333. The van der Waals surface area contributed by atoms with Crippen molar-refractivity contribution in [3.63, 3.8) is 0 Å². The van der Waals surface area contributed by atoms with Gasteiger partial charge in [0.2, 0.25) is 5.91 Å². The van der Waals surface area contributed by atoms with Gasteiger partial charge in [-0.15, -0.1) is 0 Å². The number of hydrogen-bond acceptors (Lipinski definition) is 2. The number of carbonyl (C=O) groups is 2. The maximum absolute atomic E-state index is 13.6. The molecule has 2 amide bonds. The van der Waals surface area contributed by atoms with Gasteiger partial charge in [0.25, 0.3) is 5.91 Å². The van der Waals surface area contributed by atoms with Crippen LogP contribution >= 0.6 is 0 Å². The van der Waals surface area contributed by atoms with Crippen molar-refractivity contribution >= 4 is 11.8 Å². The molecular weight excluding hydrogens is 369 g/mol. The first-order chi connectivity index (χ1) is 13.4. The summed E-state index contributed by atoms with van der Waals surface area (Å²) in [5.74, 6) is -2.67. The quantitative estimate of drug-likeness (QED) is 0.697. The highest BCUT2D eigenvalue weighted by molar-refractivity contribution is 5.94. The fourth-order valence-corrected chi connectivity index (χ4v) is 2.95. The van der Waals surface area contributed by atoms with E-state index in [2.05, 4.69) is 5.32 Å². The number of carbonyl (C=O) groups excluding carboxylic acids is 2. The molecule has 1 N–H and O–H groups in total. The first kappa shape index (κ1) is 19.9. The topological polar surface area (TPSA) is 49.4 Å². The molecule has 1 fully saturated rings. The zero-order valence-electron chi connectivity index (χ0n) is 15.3. The largest absolute Gasteiger partial charge is 0.352 e. The van der Waals surface area contributed by atoms with Gasteiger partial charge in [-0.1, -0.05) is 12.1 Å². The van der Waals surface area contributed by atoms with Gasteiger partial charge in [0.1, 0.15) is 17.5 Å². The Hall–Kier alpha value is -2.83. The average molecular weight is 390 g/mol. The Balaban J connectivity index is 1.47. The summed E-state index contributed by atoms with van der Waals surface area (Å²) in [4.78, 5) is 26.3.